The third kappa shape index (κ3) is 42.6. The molecule has 55 heavy (non-hydrogen) atoms. The van der Waals surface area contributed by atoms with E-state index < -0.39 is 6.10 Å². The van der Waals surface area contributed by atoms with Gasteiger partial charge in [0.25, 0.3) is 0 Å². The van der Waals surface area contributed by atoms with E-state index in [4.69, 9.17) is 14.2 Å². The van der Waals surface area contributed by atoms with Crippen molar-refractivity contribution in [3.8, 4) is 0 Å². The molecule has 0 aromatic heterocycles. The molecule has 0 aromatic rings. The number of unbranched alkanes of at least 4 members (excludes halogenated alkanes) is 25. The number of hydrogen-bond acceptors (Lipinski definition) is 6. The molecule has 0 fully saturated rings. The molecular weight excluding hydrogens is 685 g/mol. The van der Waals surface area contributed by atoms with Crippen LogP contribution >= 0.6 is 0 Å². The van der Waals surface area contributed by atoms with Gasteiger partial charge < -0.3 is 14.2 Å². The lowest BCUT2D eigenvalue weighted by atomic mass is 10.1. The Morgan fingerprint density at radius 2 is 0.618 bits per heavy atom. The van der Waals surface area contributed by atoms with Gasteiger partial charge in [0.2, 0.25) is 0 Å². The maximum absolute atomic E-state index is 12.7. The number of carbonyl (C=O) groups is 3. The van der Waals surface area contributed by atoms with Gasteiger partial charge >= 0.3 is 17.9 Å². The predicted molar refractivity (Wildman–Crippen MR) is 233 cm³/mol. The average molecular weight is 773 g/mol. The quantitative estimate of drug-likeness (QED) is 0.0266. The molecule has 0 saturated carbocycles. The van der Waals surface area contributed by atoms with Gasteiger partial charge in [0.1, 0.15) is 13.2 Å². The highest BCUT2D eigenvalue weighted by Gasteiger charge is 2.19. The molecule has 0 aliphatic heterocycles. The van der Waals surface area contributed by atoms with Crippen LogP contribution in [0.2, 0.25) is 0 Å². The van der Waals surface area contributed by atoms with Crippen LogP contribution in [0.3, 0.4) is 0 Å². The third-order valence-corrected chi connectivity index (χ3v) is 10.1. The van der Waals surface area contributed by atoms with Crippen LogP contribution in [0.5, 0.6) is 0 Å². The smallest absolute Gasteiger partial charge is 0.306 e. The van der Waals surface area contributed by atoms with Gasteiger partial charge in [-0.3, -0.25) is 14.4 Å². The zero-order valence-electron chi connectivity index (χ0n) is 36.4. The number of rotatable bonds is 42. The summed E-state index contributed by atoms with van der Waals surface area (Å²) >= 11 is 0. The maximum Gasteiger partial charge on any atom is 0.306 e. The Kier molecular flexibility index (Phi) is 42.4. The Labute approximate surface area is 340 Å². The molecule has 0 bridgehead atoms. The normalized spacial score (nSPS) is 12.3. The number of allylic oxidation sites excluding steroid dienone is 6. The lowest BCUT2D eigenvalue weighted by Gasteiger charge is -2.18. The van der Waals surface area contributed by atoms with E-state index in [0.717, 1.165) is 77.0 Å². The summed E-state index contributed by atoms with van der Waals surface area (Å²) in [5.41, 5.74) is 0. The second kappa shape index (κ2) is 44.3. The SMILES string of the molecule is CCCC/C=C\CCCCCCCC(=O)OC[C@@H](COC(=O)CCCCCCCCC/C=C\CCCCCC)OC(=O)CCCCCCC/C=C\CCCC. The van der Waals surface area contributed by atoms with Gasteiger partial charge in [-0.1, -0.05) is 173 Å². The molecule has 0 unspecified atom stereocenters. The second-order valence-electron chi connectivity index (χ2n) is 15.7. The van der Waals surface area contributed by atoms with Crippen molar-refractivity contribution < 1.29 is 28.6 Å². The third-order valence-electron chi connectivity index (χ3n) is 10.1. The van der Waals surface area contributed by atoms with Crippen molar-refractivity contribution in [2.24, 2.45) is 0 Å². The summed E-state index contributed by atoms with van der Waals surface area (Å²) in [7, 11) is 0. The zero-order chi connectivity index (χ0) is 40.1. The molecule has 6 heteroatoms. The number of hydrogen-bond donors (Lipinski definition) is 0. The Morgan fingerprint density at radius 1 is 0.345 bits per heavy atom. The minimum absolute atomic E-state index is 0.0797. The van der Waals surface area contributed by atoms with Crippen molar-refractivity contribution in [1.82, 2.24) is 0 Å². The van der Waals surface area contributed by atoms with E-state index in [0.29, 0.717) is 19.3 Å². The van der Waals surface area contributed by atoms with E-state index in [2.05, 4.69) is 57.2 Å². The fourth-order valence-electron chi connectivity index (χ4n) is 6.46. The van der Waals surface area contributed by atoms with Gasteiger partial charge in [0.15, 0.2) is 6.10 Å². The fourth-order valence-corrected chi connectivity index (χ4v) is 6.46. The Hall–Kier alpha value is -2.37. The zero-order valence-corrected chi connectivity index (χ0v) is 36.4. The van der Waals surface area contributed by atoms with Crippen molar-refractivity contribution in [1.29, 1.82) is 0 Å². The minimum atomic E-state index is -0.777. The topological polar surface area (TPSA) is 78.9 Å². The first-order valence-corrected chi connectivity index (χ1v) is 23.5. The minimum Gasteiger partial charge on any atom is -0.462 e. The molecule has 0 aliphatic rings. The van der Waals surface area contributed by atoms with Gasteiger partial charge in [-0.15, -0.1) is 0 Å². The van der Waals surface area contributed by atoms with Crippen LogP contribution in [0, 0.1) is 0 Å². The highest BCUT2D eigenvalue weighted by Crippen LogP contribution is 2.14. The van der Waals surface area contributed by atoms with Crippen LogP contribution in [-0.2, 0) is 28.6 Å². The average Bonchev–Trinajstić information content (AvgIpc) is 3.18. The first-order valence-electron chi connectivity index (χ1n) is 23.5. The van der Waals surface area contributed by atoms with Crippen molar-refractivity contribution >= 4 is 17.9 Å². The Balaban J connectivity index is 4.36. The summed E-state index contributed by atoms with van der Waals surface area (Å²) in [6, 6.07) is 0. The standard InChI is InChI=1S/C49H88O6/c1-4-7-10-13-16-19-22-23-24-25-28-30-33-36-39-42-48(51)54-45-46(55-49(52)43-40-37-34-31-27-21-18-15-12-9-6-3)44-53-47(50)41-38-35-32-29-26-20-17-14-11-8-5-2/h14-15,17-19,22,46H,4-13,16,20-21,23-45H2,1-3H3/b17-14-,18-15-,22-19-/t46-/m0/s1. The summed E-state index contributed by atoms with van der Waals surface area (Å²) in [6.45, 7) is 6.53. The fraction of sp³-hybridized carbons (Fsp3) is 0.816. The molecule has 0 amide bonds. The van der Waals surface area contributed by atoms with Gasteiger partial charge in [-0.05, 0) is 83.5 Å². The number of carbonyl (C=O) groups excluding carboxylic acids is 3. The van der Waals surface area contributed by atoms with Gasteiger partial charge in [-0.25, -0.2) is 0 Å². The first kappa shape index (κ1) is 52.6. The van der Waals surface area contributed by atoms with Crippen molar-refractivity contribution in [3.63, 3.8) is 0 Å². The van der Waals surface area contributed by atoms with Crippen LogP contribution < -0.4 is 0 Å². The molecular formula is C49H88O6. The van der Waals surface area contributed by atoms with Gasteiger partial charge in [0.05, 0.1) is 0 Å². The number of ether oxygens (including phenoxy) is 3. The Bertz CT molecular complexity index is 938. The van der Waals surface area contributed by atoms with E-state index in [-0.39, 0.29) is 31.1 Å². The van der Waals surface area contributed by atoms with E-state index in [1.54, 1.807) is 0 Å². The summed E-state index contributed by atoms with van der Waals surface area (Å²) in [6.07, 6.45) is 49.8. The highest BCUT2D eigenvalue weighted by atomic mass is 16.6. The maximum atomic E-state index is 12.7. The molecule has 1 atom stereocenters. The molecule has 0 heterocycles. The molecule has 320 valence electrons. The summed E-state index contributed by atoms with van der Waals surface area (Å²) in [4.78, 5) is 37.7. The lowest BCUT2D eigenvalue weighted by Crippen LogP contribution is -2.30. The summed E-state index contributed by atoms with van der Waals surface area (Å²) in [5, 5.41) is 0. The molecule has 0 spiro atoms. The van der Waals surface area contributed by atoms with Crippen LogP contribution in [0.25, 0.3) is 0 Å². The second-order valence-corrected chi connectivity index (χ2v) is 15.7. The van der Waals surface area contributed by atoms with Crippen LogP contribution in [0.15, 0.2) is 36.5 Å². The monoisotopic (exact) mass is 773 g/mol. The predicted octanol–water partition coefficient (Wildman–Crippen LogP) is 15.0. The molecule has 0 N–H and O–H groups in total. The summed E-state index contributed by atoms with van der Waals surface area (Å²) in [5.74, 6) is -0.902. The van der Waals surface area contributed by atoms with E-state index in [9.17, 15) is 14.4 Å². The van der Waals surface area contributed by atoms with Gasteiger partial charge in [0, 0.05) is 19.3 Å². The summed E-state index contributed by atoms with van der Waals surface area (Å²) < 4.78 is 16.7. The molecule has 0 radical (unpaired) electrons. The number of esters is 3. The van der Waals surface area contributed by atoms with Crippen LogP contribution in [0.1, 0.15) is 239 Å². The molecule has 0 aliphatic carbocycles. The van der Waals surface area contributed by atoms with E-state index in [1.807, 2.05) is 0 Å². The molecule has 0 saturated heterocycles. The van der Waals surface area contributed by atoms with Gasteiger partial charge in [-0.2, -0.15) is 0 Å². The van der Waals surface area contributed by atoms with Crippen molar-refractivity contribution in [2.75, 3.05) is 13.2 Å². The first-order chi connectivity index (χ1) is 27.0. The van der Waals surface area contributed by atoms with Crippen molar-refractivity contribution in [2.45, 2.75) is 245 Å². The van der Waals surface area contributed by atoms with E-state index >= 15 is 0 Å². The van der Waals surface area contributed by atoms with Crippen LogP contribution in [0.4, 0.5) is 0 Å². The van der Waals surface area contributed by atoms with Crippen molar-refractivity contribution in [3.05, 3.63) is 36.5 Å². The largest absolute Gasteiger partial charge is 0.462 e. The molecule has 0 aromatic carbocycles. The lowest BCUT2D eigenvalue weighted by molar-refractivity contribution is -0.167. The Morgan fingerprint density at radius 3 is 0.964 bits per heavy atom. The molecule has 0 rings (SSSR count). The highest BCUT2D eigenvalue weighted by molar-refractivity contribution is 5.71. The van der Waals surface area contributed by atoms with E-state index in [1.165, 1.54) is 122 Å². The molecule has 6 nitrogen and oxygen atoms in total. The van der Waals surface area contributed by atoms with Crippen LogP contribution in [-0.4, -0.2) is 37.2 Å².